The number of nitrogens with zero attached hydrogens (tertiary/aromatic N) is 2. The van der Waals surface area contributed by atoms with Gasteiger partial charge in [0, 0.05) is 18.0 Å². The zero-order valence-corrected chi connectivity index (χ0v) is 10.1. The van der Waals surface area contributed by atoms with Gasteiger partial charge in [-0.05, 0) is 11.6 Å². The predicted octanol–water partition coefficient (Wildman–Crippen LogP) is 0.603. The summed E-state index contributed by atoms with van der Waals surface area (Å²) in [5, 5.41) is 9.88. The number of aliphatic hydroxyl groups is 1. The molecular weight excluding hydrogens is 246 g/mol. The van der Waals surface area contributed by atoms with Gasteiger partial charge in [0.15, 0.2) is 5.78 Å². The molecular formula is C13H13N3O3. The molecule has 6 heteroatoms. The van der Waals surface area contributed by atoms with Gasteiger partial charge in [-0.15, -0.1) is 0 Å². The summed E-state index contributed by atoms with van der Waals surface area (Å²) in [7, 11) is 0. The second-order valence-corrected chi connectivity index (χ2v) is 4.47. The number of anilines is 1. The Morgan fingerprint density at radius 1 is 1.47 bits per heavy atom. The molecule has 2 heterocycles. The van der Waals surface area contributed by atoms with Crippen LogP contribution in [-0.4, -0.2) is 33.6 Å². The number of hydrogen-bond acceptors (Lipinski definition) is 6. The van der Waals surface area contributed by atoms with Crippen LogP contribution in [0.5, 0.6) is 0 Å². The molecule has 1 aliphatic rings. The van der Waals surface area contributed by atoms with Crippen LogP contribution in [-0.2, 0) is 9.53 Å². The third kappa shape index (κ3) is 2.05. The van der Waals surface area contributed by atoms with Gasteiger partial charge in [-0.2, -0.15) is 0 Å². The molecule has 0 unspecified atom stereocenters. The van der Waals surface area contributed by atoms with Crippen molar-refractivity contribution in [1.82, 2.24) is 9.97 Å². The molecule has 0 bridgehead atoms. The highest BCUT2D eigenvalue weighted by Gasteiger charge is 2.34. The number of ketones is 1. The molecule has 1 saturated heterocycles. The average molecular weight is 259 g/mol. The maximum atomic E-state index is 11.6. The molecule has 6 nitrogen and oxygen atoms in total. The van der Waals surface area contributed by atoms with Gasteiger partial charge in [0.25, 0.3) is 0 Å². The zero-order valence-electron chi connectivity index (χ0n) is 10.1. The van der Waals surface area contributed by atoms with Crippen molar-refractivity contribution in [2.45, 2.75) is 18.6 Å². The summed E-state index contributed by atoms with van der Waals surface area (Å²) in [6.07, 6.45) is 0.803. The second-order valence-electron chi connectivity index (χ2n) is 4.47. The number of hydrogen-bond donors (Lipinski definition) is 2. The Bertz CT molecular complexity index is 644. The van der Waals surface area contributed by atoms with E-state index in [9.17, 15) is 4.79 Å². The summed E-state index contributed by atoms with van der Waals surface area (Å²) in [6, 6.07) is 5.54. The van der Waals surface area contributed by atoms with Crippen molar-refractivity contribution in [3.05, 3.63) is 30.0 Å². The summed E-state index contributed by atoms with van der Waals surface area (Å²) < 4.78 is 5.56. The molecule has 0 amide bonds. The third-order valence-corrected chi connectivity index (χ3v) is 3.26. The molecule has 1 aliphatic heterocycles. The highest BCUT2D eigenvalue weighted by Crippen LogP contribution is 2.34. The summed E-state index contributed by atoms with van der Waals surface area (Å²) in [4.78, 5) is 19.8. The highest BCUT2D eigenvalue weighted by molar-refractivity contribution is 5.88. The van der Waals surface area contributed by atoms with E-state index < -0.39 is 6.10 Å². The van der Waals surface area contributed by atoms with Crippen molar-refractivity contribution in [3.8, 4) is 0 Å². The van der Waals surface area contributed by atoms with E-state index >= 15 is 0 Å². The van der Waals surface area contributed by atoms with Gasteiger partial charge >= 0.3 is 0 Å². The largest absolute Gasteiger partial charge is 0.393 e. The van der Waals surface area contributed by atoms with Gasteiger partial charge in [-0.3, -0.25) is 4.79 Å². The first-order valence-corrected chi connectivity index (χ1v) is 5.99. The van der Waals surface area contributed by atoms with Gasteiger partial charge in [0.05, 0.1) is 18.2 Å². The van der Waals surface area contributed by atoms with Crippen molar-refractivity contribution in [2.75, 3.05) is 12.3 Å². The van der Waals surface area contributed by atoms with Crippen molar-refractivity contribution in [3.63, 3.8) is 0 Å². The van der Waals surface area contributed by atoms with E-state index in [1.807, 2.05) is 18.2 Å². The molecule has 0 radical (unpaired) electrons. The van der Waals surface area contributed by atoms with Crippen LogP contribution in [0.3, 0.4) is 0 Å². The molecule has 0 spiro atoms. The molecule has 19 heavy (non-hydrogen) atoms. The molecule has 2 aromatic rings. The lowest BCUT2D eigenvalue weighted by atomic mass is 10.0. The Hall–Kier alpha value is -2.05. The molecule has 1 aromatic carbocycles. The van der Waals surface area contributed by atoms with E-state index in [0.717, 1.165) is 10.9 Å². The van der Waals surface area contributed by atoms with Crippen molar-refractivity contribution < 1.29 is 14.6 Å². The van der Waals surface area contributed by atoms with Crippen molar-refractivity contribution in [2.24, 2.45) is 0 Å². The minimum Gasteiger partial charge on any atom is -0.393 e. The van der Waals surface area contributed by atoms with Crippen LogP contribution < -0.4 is 5.73 Å². The minimum atomic E-state index is -0.727. The first kappa shape index (κ1) is 12.0. The number of carbonyl (C=O) groups is 1. The van der Waals surface area contributed by atoms with Crippen molar-refractivity contribution >= 4 is 22.6 Å². The van der Waals surface area contributed by atoms with Crippen LogP contribution >= 0.6 is 0 Å². The summed E-state index contributed by atoms with van der Waals surface area (Å²) in [6.45, 7) is -0.288. The fourth-order valence-corrected chi connectivity index (χ4v) is 2.34. The fourth-order valence-electron chi connectivity index (χ4n) is 2.34. The Labute approximate surface area is 109 Å². The number of rotatable bonds is 2. The van der Waals surface area contributed by atoms with E-state index in [1.54, 1.807) is 6.20 Å². The molecule has 98 valence electrons. The van der Waals surface area contributed by atoms with Gasteiger partial charge in [0.2, 0.25) is 5.95 Å². The third-order valence-electron chi connectivity index (χ3n) is 3.26. The quantitative estimate of drug-likeness (QED) is 0.819. The topological polar surface area (TPSA) is 98.3 Å². The fraction of sp³-hybridized carbons (Fsp3) is 0.308. The monoisotopic (exact) mass is 259 g/mol. The lowest BCUT2D eigenvalue weighted by Gasteiger charge is -2.13. The van der Waals surface area contributed by atoms with E-state index in [-0.39, 0.29) is 30.9 Å². The van der Waals surface area contributed by atoms with Crippen LogP contribution in [0.15, 0.2) is 24.4 Å². The molecule has 1 fully saturated rings. The lowest BCUT2D eigenvalue weighted by molar-refractivity contribution is -0.124. The van der Waals surface area contributed by atoms with E-state index in [1.165, 1.54) is 0 Å². The summed E-state index contributed by atoms with van der Waals surface area (Å²) >= 11 is 0. The van der Waals surface area contributed by atoms with Crippen LogP contribution in [0.2, 0.25) is 0 Å². The first-order valence-electron chi connectivity index (χ1n) is 5.99. The number of nitrogen functional groups attached to an aromatic ring is 1. The average Bonchev–Trinajstić information content (AvgIpc) is 2.78. The molecule has 3 N–H and O–H groups in total. The van der Waals surface area contributed by atoms with E-state index in [0.29, 0.717) is 5.52 Å². The number of aromatic nitrogens is 2. The summed E-state index contributed by atoms with van der Waals surface area (Å²) in [5.41, 5.74) is 7.12. The smallest absolute Gasteiger partial charge is 0.220 e. The number of aliphatic hydroxyl groups excluding tert-OH is 1. The summed E-state index contributed by atoms with van der Waals surface area (Å²) in [5.74, 6) is 0.127. The van der Waals surface area contributed by atoms with Gasteiger partial charge in [-0.1, -0.05) is 12.1 Å². The van der Waals surface area contributed by atoms with Crippen LogP contribution in [0.1, 0.15) is 18.1 Å². The maximum Gasteiger partial charge on any atom is 0.220 e. The predicted molar refractivity (Wildman–Crippen MR) is 68.3 cm³/mol. The lowest BCUT2D eigenvalue weighted by Crippen LogP contribution is -2.19. The number of Topliss-reactive ketones (excluding diaryl/α,β-unsaturated/α-hetero) is 1. The Kier molecular flexibility index (Phi) is 2.88. The van der Waals surface area contributed by atoms with E-state index in [4.69, 9.17) is 15.6 Å². The first-order chi connectivity index (χ1) is 9.19. The number of nitrogens with two attached hydrogens (primary N) is 1. The molecule has 0 aliphatic carbocycles. The molecule has 3 rings (SSSR count). The van der Waals surface area contributed by atoms with Gasteiger partial charge < -0.3 is 15.6 Å². The maximum absolute atomic E-state index is 11.6. The highest BCUT2D eigenvalue weighted by atomic mass is 16.5. The van der Waals surface area contributed by atoms with Crippen molar-refractivity contribution in [1.29, 1.82) is 0 Å². The van der Waals surface area contributed by atoms with Gasteiger partial charge in [0.1, 0.15) is 6.10 Å². The standard InChI is InChI=1S/C13H13N3O3/c14-13-15-5-8-7(2-1-3-9(8)16-13)11-4-10(18)12(6-17)19-11/h1-3,5,11-12,17H,4,6H2,(H2,14,15,16)/t11-,12-/m1/s1. The molecule has 1 aromatic heterocycles. The number of benzene rings is 1. The van der Waals surface area contributed by atoms with E-state index in [2.05, 4.69) is 9.97 Å². The Balaban J connectivity index is 2.04. The Morgan fingerprint density at radius 3 is 3.05 bits per heavy atom. The number of carbonyl (C=O) groups excluding carboxylic acids is 1. The Morgan fingerprint density at radius 2 is 2.32 bits per heavy atom. The molecule has 2 atom stereocenters. The van der Waals surface area contributed by atoms with Crippen LogP contribution in [0.4, 0.5) is 5.95 Å². The minimum absolute atomic E-state index is 0.0825. The zero-order chi connectivity index (χ0) is 13.4. The van der Waals surface area contributed by atoms with Crippen LogP contribution in [0, 0.1) is 0 Å². The van der Waals surface area contributed by atoms with Gasteiger partial charge in [-0.25, -0.2) is 9.97 Å². The SMILES string of the molecule is Nc1ncc2c([C@H]3CC(=O)[C@@H](CO)O3)cccc2n1. The normalized spacial score (nSPS) is 23.1. The number of ether oxygens (including phenoxy) is 1. The second kappa shape index (κ2) is 4.56. The molecule has 0 saturated carbocycles. The van der Waals surface area contributed by atoms with Crippen LogP contribution in [0.25, 0.3) is 10.9 Å². The number of fused-ring (bicyclic) bond motifs is 1.